The minimum absolute atomic E-state index is 0.0339. The van der Waals surface area contributed by atoms with Gasteiger partial charge in [-0.3, -0.25) is 24.0 Å². The second-order valence-corrected chi connectivity index (χ2v) is 12.5. The molecule has 0 saturated carbocycles. The number of aromatic hydroxyl groups is 2. The molecule has 0 aliphatic rings. The topological polar surface area (TPSA) is 310 Å². The van der Waals surface area contributed by atoms with Gasteiger partial charge in [0.2, 0.25) is 5.91 Å². The largest absolute Gasteiger partial charge is 0.505 e. The lowest BCUT2D eigenvalue weighted by molar-refractivity contribution is -0.432. The van der Waals surface area contributed by atoms with E-state index < -0.39 is 74.8 Å². The molecule has 0 aromatic heterocycles. The number of hydrogen-bond donors (Lipinski definition) is 6. The minimum atomic E-state index is -5.14. The van der Waals surface area contributed by atoms with Crippen LogP contribution in [0, 0.1) is 10.1 Å². The zero-order valence-electron chi connectivity index (χ0n) is 23.1. The molecule has 1 amide bonds. The molecule has 0 fully saturated rings. The van der Waals surface area contributed by atoms with Crippen LogP contribution >= 0.6 is 12.0 Å². The first-order valence-corrected chi connectivity index (χ1v) is 15.8. The van der Waals surface area contributed by atoms with E-state index in [9.17, 15) is 51.1 Å². The van der Waals surface area contributed by atoms with Crippen molar-refractivity contribution in [1.29, 1.82) is 0 Å². The van der Waals surface area contributed by atoms with E-state index in [-0.39, 0.29) is 39.4 Å². The molecule has 4 aromatic carbocycles. The monoisotopic (exact) mass is 710 g/mol. The van der Waals surface area contributed by atoms with Crippen molar-refractivity contribution in [1.82, 2.24) is 0 Å². The maximum absolute atomic E-state index is 12.2. The van der Waals surface area contributed by atoms with Gasteiger partial charge in [-0.15, -0.1) is 19.7 Å². The molecule has 0 aliphatic heterocycles. The first-order valence-electron chi connectivity index (χ1n) is 12.2. The van der Waals surface area contributed by atoms with E-state index in [1.165, 1.54) is 0 Å². The highest BCUT2D eigenvalue weighted by atomic mass is 32.2. The van der Waals surface area contributed by atoms with Crippen molar-refractivity contribution in [2.24, 2.45) is 20.5 Å². The fraction of sp³-hybridized carbons (Fsp3) is 0.0417. The summed E-state index contributed by atoms with van der Waals surface area (Å²) in [7, 11) is -10.0. The number of phenolic OH excluding ortho intramolecular Hbond substituents is 2. The normalized spacial score (nSPS) is 12.3. The van der Waals surface area contributed by atoms with Gasteiger partial charge < -0.3 is 15.5 Å². The van der Waals surface area contributed by atoms with Gasteiger partial charge in [0.1, 0.15) is 26.9 Å². The van der Waals surface area contributed by atoms with Crippen molar-refractivity contribution >= 4 is 83.1 Å². The average Bonchev–Trinajstić information content (AvgIpc) is 2.97. The van der Waals surface area contributed by atoms with Crippen LogP contribution in [-0.2, 0) is 34.4 Å². The average molecular weight is 711 g/mol. The Kier molecular flexibility index (Phi) is 10.1. The number of rotatable bonds is 11. The number of nitro groups is 1. The van der Waals surface area contributed by atoms with E-state index in [0.717, 1.165) is 61.5 Å². The summed E-state index contributed by atoms with van der Waals surface area (Å²) in [5, 5.41) is 61.9. The second-order valence-electron chi connectivity index (χ2n) is 8.96. The Labute approximate surface area is 266 Å². The molecule has 23 heteroatoms. The highest BCUT2D eigenvalue weighted by molar-refractivity contribution is 7.94. The highest BCUT2D eigenvalue weighted by Gasteiger charge is 2.27. The predicted octanol–water partition coefficient (Wildman–Crippen LogP) is 5.87. The molecule has 47 heavy (non-hydrogen) atoms. The maximum atomic E-state index is 12.2. The number of nitrogens with one attached hydrogen (secondary N) is 1. The van der Waals surface area contributed by atoms with E-state index in [2.05, 4.69) is 35.1 Å². The predicted molar refractivity (Wildman–Crippen MR) is 160 cm³/mol. The van der Waals surface area contributed by atoms with Gasteiger partial charge in [-0.25, -0.2) is 5.26 Å². The third-order valence-corrected chi connectivity index (χ3v) is 8.21. The van der Waals surface area contributed by atoms with E-state index in [0.29, 0.717) is 0 Å². The van der Waals surface area contributed by atoms with Gasteiger partial charge in [0, 0.05) is 24.7 Å². The van der Waals surface area contributed by atoms with E-state index in [1.807, 2.05) is 0 Å². The van der Waals surface area contributed by atoms with E-state index in [4.69, 9.17) is 5.26 Å². The van der Waals surface area contributed by atoms with Gasteiger partial charge in [0.15, 0.2) is 11.5 Å². The van der Waals surface area contributed by atoms with Gasteiger partial charge in [-0.1, -0.05) is 5.04 Å². The summed E-state index contributed by atoms with van der Waals surface area (Å²) < 4.78 is 72.3. The zero-order valence-corrected chi connectivity index (χ0v) is 25.5. The molecule has 246 valence electrons. The number of azo groups is 2. The lowest BCUT2D eigenvalue weighted by Gasteiger charge is -2.13. The summed E-state index contributed by atoms with van der Waals surface area (Å²) in [6, 6.07) is 9.28. The van der Waals surface area contributed by atoms with Crippen LogP contribution in [-0.4, -0.2) is 52.2 Å². The Morgan fingerprint density at radius 1 is 0.872 bits per heavy atom. The number of anilines is 1. The number of carbonyl (C=O) groups is 1. The van der Waals surface area contributed by atoms with Crippen LogP contribution in [0.4, 0.5) is 34.1 Å². The number of carbonyl (C=O) groups excluding carboxylic acids is 1. The Bertz CT molecular complexity index is 2190. The van der Waals surface area contributed by atoms with Gasteiger partial charge in [0.05, 0.1) is 32.9 Å². The number of nitrogens with zero attached hydrogens (tertiary/aromatic N) is 5. The van der Waals surface area contributed by atoms with Crippen LogP contribution in [0.2, 0.25) is 0 Å². The van der Waals surface area contributed by atoms with Gasteiger partial charge >= 0.3 is 0 Å². The van der Waals surface area contributed by atoms with Crippen molar-refractivity contribution in [2.45, 2.75) is 21.6 Å². The standard InChI is InChI=1S/C24H18N6O14S3/c1-11(31)25-14-4-7-18(46(37,38)39)16(10-14)27-28-21-17(45-44-43-36)8-12-9-19(47(40,41)42)22(24(33)20(12)23(21)32)29-26-13-2-5-15(6-3-13)30(34)35/h2-10,32-33,36H,1H3,(H,25,31)(H,37,38,39)(H,40,41,42)/b28-27+,29-26+. The Morgan fingerprint density at radius 2 is 1.49 bits per heavy atom. The second kappa shape index (κ2) is 13.7. The van der Waals surface area contributed by atoms with E-state index >= 15 is 0 Å². The first kappa shape index (κ1) is 34.7. The molecule has 6 N–H and O–H groups in total. The number of hydrogen-bond acceptors (Lipinski definition) is 17. The van der Waals surface area contributed by atoms with Crippen molar-refractivity contribution in [3.8, 4) is 11.5 Å². The third-order valence-electron chi connectivity index (χ3n) is 5.82. The van der Waals surface area contributed by atoms with Crippen LogP contribution in [0.25, 0.3) is 10.8 Å². The molecule has 0 atom stereocenters. The van der Waals surface area contributed by atoms with Gasteiger partial charge in [-0.05, 0) is 47.9 Å². The quantitative estimate of drug-likeness (QED) is 0.0265. The summed E-state index contributed by atoms with van der Waals surface area (Å²) in [6.45, 7) is 1.16. The number of nitro benzene ring substituents is 1. The number of non-ortho nitro benzene ring substituents is 1. The van der Waals surface area contributed by atoms with E-state index in [1.54, 1.807) is 0 Å². The van der Waals surface area contributed by atoms with Gasteiger partial charge in [0.25, 0.3) is 25.9 Å². The molecule has 0 unspecified atom stereocenters. The molecule has 20 nitrogen and oxygen atoms in total. The maximum Gasteiger partial charge on any atom is 0.296 e. The molecule has 4 aromatic rings. The SMILES string of the molecule is CC(=O)Nc1ccc(S(=O)(=O)O)c(/N=N/c2c(SOOO)cc3cc(S(=O)(=O)O)c(/N=N/c4ccc([N+](=O)[O-])cc4)c(O)c3c2O)c1. The lowest BCUT2D eigenvalue weighted by Crippen LogP contribution is -2.06. The highest BCUT2D eigenvalue weighted by Crippen LogP contribution is 2.51. The van der Waals surface area contributed by atoms with Crippen LogP contribution in [0.3, 0.4) is 0 Å². The van der Waals surface area contributed by atoms with Crippen LogP contribution in [0.1, 0.15) is 6.92 Å². The Morgan fingerprint density at radius 3 is 2.06 bits per heavy atom. The fourth-order valence-corrected chi connectivity index (χ4v) is 5.67. The molecular weight excluding hydrogens is 692 g/mol. The minimum Gasteiger partial charge on any atom is -0.505 e. The van der Waals surface area contributed by atoms with Crippen molar-refractivity contribution in [3.63, 3.8) is 0 Å². The summed E-state index contributed by atoms with van der Waals surface area (Å²) in [5.74, 6) is -2.58. The molecule has 0 bridgehead atoms. The lowest BCUT2D eigenvalue weighted by atomic mass is 10.1. The third kappa shape index (κ3) is 7.99. The van der Waals surface area contributed by atoms with Crippen molar-refractivity contribution in [3.05, 3.63) is 64.7 Å². The molecule has 0 spiro atoms. The van der Waals surface area contributed by atoms with Crippen LogP contribution in [0.15, 0.2) is 89.7 Å². The number of benzene rings is 4. The summed E-state index contributed by atoms with van der Waals surface area (Å²) >= 11 is 0.173. The Balaban J connectivity index is 1.96. The molecule has 0 aliphatic carbocycles. The van der Waals surface area contributed by atoms with Gasteiger partial charge in [-0.2, -0.15) is 21.9 Å². The summed E-state index contributed by atoms with van der Waals surface area (Å²) in [4.78, 5) is 19.6. The van der Waals surface area contributed by atoms with Crippen molar-refractivity contribution in [2.75, 3.05) is 5.32 Å². The molecule has 0 heterocycles. The number of phenols is 2. The molecular formula is C24H18N6O14S3. The smallest absolute Gasteiger partial charge is 0.296 e. The van der Waals surface area contributed by atoms with Crippen LogP contribution in [0.5, 0.6) is 11.5 Å². The Hall–Kier alpha value is -5.14. The summed E-state index contributed by atoms with van der Waals surface area (Å²) in [6.07, 6.45) is 0. The summed E-state index contributed by atoms with van der Waals surface area (Å²) in [5.41, 5.74) is -2.34. The van der Waals surface area contributed by atoms with Crippen LogP contribution < -0.4 is 5.32 Å². The first-order chi connectivity index (χ1) is 22.0. The molecule has 0 saturated heterocycles. The van der Waals surface area contributed by atoms with Crippen molar-refractivity contribution < 1.29 is 60.5 Å². The fourth-order valence-electron chi connectivity index (χ4n) is 3.91. The molecule has 4 rings (SSSR count). The number of fused-ring (bicyclic) bond motifs is 1. The zero-order chi connectivity index (χ0) is 34.7. The number of amides is 1. The molecule has 0 radical (unpaired) electrons.